The van der Waals surface area contributed by atoms with Gasteiger partial charge in [-0.25, -0.2) is 55.9 Å². The summed E-state index contributed by atoms with van der Waals surface area (Å²) in [6.07, 6.45) is 9.38. The van der Waals surface area contributed by atoms with Crippen molar-refractivity contribution in [3.63, 3.8) is 0 Å². The molecule has 20 heteroatoms. The second-order valence-electron chi connectivity index (χ2n) is 18.2. The van der Waals surface area contributed by atoms with Gasteiger partial charge < -0.3 is 16.4 Å². The summed E-state index contributed by atoms with van der Waals surface area (Å²) in [5.74, 6) is -4.15. The molecule has 0 saturated heterocycles. The molecule has 4 heterocycles. The molecule has 0 aromatic carbocycles. The van der Waals surface area contributed by atoms with Crippen molar-refractivity contribution >= 4 is 46.7 Å². The van der Waals surface area contributed by atoms with Gasteiger partial charge >= 0.3 is 0 Å². The van der Waals surface area contributed by atoms with Crippen LogP contribution in [0.15, 0.2) is 24.3 Å². The second-order valence-corrected chi connectivity index (χ2v) is 19.3. The molecule has 6 aliphatic carbocycles. The van der Waals surface area contributed by atoms with Crippen LogP contribution in [0.5, 0.6) is 0 Å². The van der Waals surface area contributed by atoms with Gasteiger partial charge in [-0.3, -0.25) is 0 Å². The SMILES string of the molecule is Cc1cc(C)n(-c2cc(C3CC3)nc(NC3CCC(F)(F)CC3)n2)n1.Clc1cc(C2CC2)nc(Cl)n1.FC1(F)CCC(Nc2nc(Cl)cc(C3CC3)n2)CC1.NC1CCC(F)(F)CC1. The zero-order valence-electron chi connectivity index (χ0n) is 36.1. The van der Waals surface area contributed by atoms with E-state index in [1.54, 1.807) is 12.1 Å². The zero-order valence-corrected chi connectivity index (χ0v) is 38.3. The minimum atomic E-state index is -2.52. The van der Waals surface area contributed by atoms with Gasteiger partial charge in [0, 0.05) is 91.9 Å². The summed E-state index contributed by atoms with van der Waals surface area (Å²) in [4.78, 5) is 25.6. The second kappa shape index (κ2) is 20.5. The molecular weight excluding hydrogens is 903 g/mol. The van der Waals surface area contributed by atoms with Gasteiger partial charge in [0.2, 0.25) is 34.9 Å². The molecule has 0 radical (unpaired) electrons. The first kappa shape index (κ1) is 48.4. The number of nitrogens with two attached hydrogens (primary N) is 1. The monoisotopic (exact) mass is 957 g/mol. The minimum Gasteiger partial charge on any atom is -0.351 e. The van der Waals surface area contributed by atoms with Crippen molar-refractivity contribution in [3.05, 3.63) is 68.3 Å². The van der Waals surface area contributed by atoms with Crippen LogP contribution in [0.25, 0.3) is 5.82 Å². The number of hydrogen-bond acceptors (Lipinski definition) is 10. The Hall–Kier alpha value is -3.54. The number of halogens is 9. The molecule has 4 N–H and O–H groups in total. The van der Waals surface area contributed by atoms with Gasteiger partial charge in [-0.2, -0.15) is 10.1 Å². The lowest BCUT2D eigenvalue weighted by atomic mass is 9.92. The van der Waals surface area contributed by atoms with Gasteiger partial charge in [-0.1, -0.05) is 23.2 Å². The molecular formula is C44H56Cl3F6N11. The van der Waals surface area contributed by atoms with Gasteiger partial charge in [-0.05, 0) is 121 Å². The summed E-state index contributed by atoms with van der Waals surface area (Å²) in [7, 11) is 0. The van der Waals surface area contributed by atoms with Crippen LogP contribution in [0, 0.1) is 13.8 Å². The number of aromatic nitrogens is 8. The molecule has 0 unspecified atom stereocenters. The van der Waals surface area contributed by atoms with Crippen molar-refractivity contribution in [2.24, 2.45) is 5.73 Å². The molecule has 0 amide bonds. The molecule has 0 bridgehead atoms. The van der Waals surface area contributed by atoms with Crippen molar-refractivity contribution < 1.29 is 26.3 Å². The molecule has 4 aromatic heterocycles. The van der Waals surface area contributed by atoms with E-state index in [0.29, 0.717) is 78.5 Å². The maximum Gasteiger partial charge on any atom is 0.248 e. The fourth-order valence-electron chi connectivity index (χ4n) is 7.95. The Bertz CT molecular complexity index is 2150. The largest absolute Gasteiger partial charge is 0.351 e. The van der Waals surface area contributed by atoms with Crippen molar-refractivity contribution in [2.75, 3.05) is 10.6 Å². The van der Waals surface area contributed by atoms with E-state index in [-0.39, 0.29) is 61.9 Å². The van der Waals surface area contributed by atoms with E-state index in [2.05, 4.69) is 45.6 Å². The number of nitrogens with one attached hydrogen (secondary N) is 2. The van der Waals surface area contributed by atoms with E-state index in [1.807, 2.05) is 30.7 Å². The van der Waals surface area contributed by atoms with Gasteiger partial charge in [0.1, 0.15) is 10.3 Å². The maximum absolute atomic E-state index is 13.4. The minimum absolute atomic E-state index is 0.00221. The molecule has 11 nitrogen and oxygen atoms in total. The average molecular weight is 959 g/mol. The summed E-state index contributed by atoms with van der Waals surface area (Å²) in [5, 5.41) is 12.0. The smallest absolute Gasteiger partial charge is 0.248 e. The maximum atomic E-state index is 13.4. The molecule has 6 fully saturated rings. The summed E-state index contributed by atoms with van der Waals surface area (Å²) in [6.45, 7) is 3.95. The van der Waals surface area contributed by atoms with Gasteiger partial charge in [0.05, 0.1) is 17.1 Å². The number of hydrogen-bond donors (Lipinski definition) is 3. The summed E-state index contributed by atoms with van der Waals surface area (Å²) < 4.78 is 79.3. The van der Waals surface area contributed by atoms with Gasteiger partial charge in [0.25, 0.3) is 0 Å². The molecule has 0 aliphatic heterocycles. The highest BCUT2D eigenvalue weighted by molar-refractivity contribution is 6.31. The number of aryl methyl sites for hydroxylation is 2. The van der Waals surface area contributed by atoms with E-state index in [4.69, 9.17) is 40.5 Å². The predicted molar refractivity (Wildman–Crippen MR) is 237 cm³/mol. The molecule has 4 aromatic rings. The van der Waals surface area contributed by atoms with Crippen molar-refractivity contribution in [2.45, 2.75) is 183 Å². The highest BCUT2D eigenvalue weighted by Crippen LogP contribution is 2.42. The van der Waals surface area contributed by atoms with Crippen LogP contribution in [0.2, 0.25) is 15.6 Å². The summed E-state index contributed by atoms with van der Waals surface area (Å²) in [6, 6.07) is 7.62. The Morgan fingerprint density at radius 3 is 1.34 bits per heavy atom. The number of alkyl halides is 6. The Morgan fingerprint density at radius 1 is 0.531 bits per heavy atom. The summed E-state index contributed by atoms with van der Waals surface area (Å²) >= 11 is 17.3. The van der Waals surface area contributed by atoms with E-state index in [1.165, 1.54) is 12.8 Å². The third kappa shape index (κ3) is 15.0. The number of anilines is 2. The Labute approximate surface area is 384 Å². The average Bonchev–Trinajstić information content (AvgIpc) is 4.06. The first-order chi connectivity index (χ1) is 30.3. The molecule has 0 spiro atoms. The van der Waals surface area contributed by atoms with E-state index in [0.717, 1.165) is 60.0 Å². The fourth-order valence-corrected chi connectivity index (χ4v) is 8.57. The lowest BCUT2D eigenvalue weighted by molar-refractivity contribution is -0.0378. The Kier molecular flexibility index (Phi) is 15.5. The standard InChI is InChI=1S/C18H23F2N5.C13H16ClF2N3.C7H6Cl2N2.C6H11F2N/c1-11-9-12(2)25(24-11)16-10-15(13-3-4-13)22-17(23-16)21-14-5-7-18(19,20)8-6-14;14-11-7-10(8-1-2-8)18-12(19-11)17-9-3-5-13(15,16)6-4-9;8-6-3-5(4-1-2-4)10-7(9)11-6;7-6(8)3-1-5(9)2-4-6/h9-10,13-14H,3-8H2,1-2H3,(H,21,22,23);7-9H,1-6H2,(H,17,18,19);3-4H,1-2H2;5H,1-4,9H2. The van der Waals surface area contributed by atoms with Gasteiger partial charge in [0.15, 0.2) is 5.82 Å². The number of rotatable bonds is 8. The van der Waals surface area contributed by atoms with Crippen LogP contribution in [-0.4, -0.2) is 75.6 Å². The first-order valence-electron chi connectivity index (χ1n) is 22.4. The van der Waals surface area contributed by atoms with Crippen LogP contribution in [0.1, 0.15) is 162 Å². The molecule has 6 saturated carbocycles. The van der Waals surface area contributed by atoms with Crippen LogP contribution in [0.3, 0.4) is 0 Å². The van der Waals surface area contributed by atoms with Crippen LogP contribution in [0.4, 0.5) is 38.2 Å². The van der Waals surface area contributed by atoms with Crippen LogP contribution >= 0.6 is 34.8 Å². The summed E-state index contributed by atoms with van der Waals surface area (Å²) in [5.41, 5.74) is 10.3. The van der Waals surface area contributed by atoms with E-state index in [9.17, 15) is 26.3 Å². The lowest BCUT2D eigenvalue weighted by Gasteiger charge is -2.28. The Morgan fingerprint density at radius 2 is 0.938 bits per heavy atom. The predicted octanol–water partition coefficient (Wildman–Crippen LogP) is 12.3. The molecule has 350 valence electrons. The quantitative estimate of drug-likeness (QED) is 0.0886. The van der Waals surface area contributed by atoms with E-state index < -0.39 is 17.8 Å². The van der Waals surface area contributed by atoms with E-state index >= 15 is 0 Å². The normalized spacial score (nSPS) is 21.9. The topological polar surface area (TPSA) is 145 Å². The van der Waals surface area contributed by atoms with Crippen molar-refractivity contribution in [1.82, 2.24) is 39.7 Å². The van der Waals surface area contributed by atoms with Crippen LogP contribution in [-0.2, 0) is 0 Å². The fraction of sp³-hybridized carbons (Fsp3) is 0.659. The molecule has 10 rings (SSSR count). The highest BCUT2D eigenvalue weighted by atomic mass is 35.5. The van der Waals surface area contributed by atoms with Crippen LogP contribution < -0.4 is 16.4 Å². The third-order valence-electron chi connectivity index (χ3n) is 12.2. The molecule has 6 aliphatic rings. The van der Waals surface area contributed by atoms with Gasteiger partial charge in [-0.15, -0.1) is 0 Å². The third-order valence-corrected chi connectivity index (χ3v) is 12.8. The first-order valence-corrected chi connectivity index (χ1v) is 23.5. The lowest BCUT2D eigenvalue weighted by Crippen LogP contribution is -2.32. The van der Waals surface area contributed by atoms with Crippen molar-refractivity contribution in [1.29, 1.82) is 0 Å². The molecule has 0 atom stereocenters. The Balaban J connectivity index is 0.000000138. The van der Waals surface area contributed by atoms with Crippen molar-refractivity contribution in [3.8, 4) is 5.82 Å². The highest BCUT2D eigenvalue weighted by Gasteiger charge is 2.37. The number of nitrogens with zero attached hydrogens (tertiary/aromatic N) is 8. The molecule has 64 heavy (non-hydrogen) atoms. The zero-order chi connectivity index (χ0) is 45.8.